The minimum absolute atomic E-state index is 0.0345. The highest BCUT2D eigenvalue weighted by Crippen LogP contribution is 2.29. The van der Waals surface area contributed by atoms with Gasteiger partial charge in [0.1, 0.15) is 5.69 Å². The van der Waals surface area contributed by atoms with Crippen molar-refractivity contribution >= 4 is 35.0 Å². The van der Waals surface area contributed by atoms with Crippen molar-refractivity contribution in [2.45, 2.75) is 26.1 Å². The van der Waals surface area contributed by atoms with E-state index >= 15 is 0 Å². The Labute approximate surface area is 190 Å². The molecular weight excluding hydrogens is 435 g/mol. The van der Waals surface area contributed by atoms with Gasteiger partial charge in [-0.05, 0) is 23.8 Å². The number of carbonyl (C=O) groups is 2. The lowest BCUT2D eigenvalue weighted by molar-refractivity contribution is 0.0670. The van der Waals surface area contributed by atoms with Crippen molar-refractivity contribution in [3.8, 4) is 0 Å². The molecule has 0 unspecified atom stereocenters. The Kier molecular flexibility index (Phi) is 5.20. The van der Waals surface area contributed by atoms with Crippen LogP contribution in [-0.2, 0) is 26.1 Å². The average molecular weight is 455 g/mol. The van der Waals surface area contributed by atoms with Crippen LogP contribution < -0.4 is 0 Å². The lowest BCUT2D eigenvalue weighted by Gasteiger charge is -2.30. The number of benzene rings is 2. The van der Waals surface area contributed by atoms with Gasteiger partial charge in [-0.25, -0.2) is 0 Å². The number of hydrogen-bond acceptors (Lipinski definition) is 3. The third-order valence-electron chi connectivity index (χ3n) is 5.84. The largest absolute Gasteiger partial charge is 0.334 e. The molecule has 1 aromatic heterocycles. The van der Waals surface area contributed by atoms with Gasteiger partial charge in [-0.15, -0.1) is 0 Å². The average Bonchev–Trinajstić information content (AvgIpc) is 3.16. The molecule has 5 rings (SSSR count). The molecule has 0 fully saturated rings. The van der Waals surface area contributed by atoms with E-state index in [4.69, 9.17) is 23.2 Å². The molecule has 0 bridgehead atoms. The molecule has 2 aromatic carbocycles. The number of fused-ring (bicyclic) bond motifs is 3. The molecule has 3 heterocycles. The smallest absolute Gasteiger partial charge is 0.272 e. The van der Waals surface area contributed by atoms with Crippen LogP contribution in [0.4, 0.5) is 0 Å². The van der Waals surface area contributed by atoms with Gasteiger partial charge in [-0.2, -0.15) is 5.10 Å². The van der Waals surface area contributed by atoms with E-state index in [0.29, 0.717) is 60.4 Å². The van der Waals surface area contributed by atoms with Gasteiger partial charge in [0.05, 0.1) is 28.8 Å². The van der Waals surface area contributed by atoms with E-state index in [9.17, 15) is 9.59 Å². The fourth-order valence-electron chi connectivity index (χ4n) is 4.23. The zero-order valence-corrected chi connectivity index (χ0v) is 18.2. The number of carbonyl (C=O) groups excluding carboxylic acids is 2. The highest BCUT2D eigenvalue weighted by molar-refractivity contribution is 6.42. The summed E-state index contributed by atoms with van der Waals surface area (Å²) >= 11 is 12.1. The zero-order chi connectivity index (χ0) is 21.5. The van der Waals surface area contributed by atoms with Crippen LogP contribution in [0.5, 0.6) is 0 Å². The maximum Gasteiger partial charge on any atom is 0.272 e. The Bertz CT molecular complexity index is 1180. The van der Waals surface area contributed by atoms with Gasteiger partial charge >= 0.3 is 0 Å². The number of amides is 2. The molecule has 0 radical (unpaired) electrons. The summed E-state index contributed by atoms with van der Waals surface area (Å²) in [4.78, 5) is 30.0. The van der Waals surface area contributed by atoms with Gasteiger partial charge in [0, 0.05) is 37.2 Å². The van der Waals surface area contributed by atoms with Crippen molar-refractivity contribution < 1.29 is 9.59 Å². The quantitative estimate of drug-likeness (QED) is 0.599. The molecule has 6 nitrogen and oxygen atoms in total. The SMILES string of the molecule is O=C(c1ccc(Cl)c(Cl)c1)N1CCc2nn3c(c2C1)C(=O)N(Cc1ccccc1)CC3. The van der Waals surface area contributed by atoms with E-state index in [1.165, 1.54) is 0 Å². The first-order valence-electron chi connectivity index (χ1n) is 10.2. The van der Waals surface area contributed by atoms with E-state index in [2.05, 4.69) is 5.10 Å². The predicted molar refractivity (Wildman–Crippen MR) is 118 cm³/mol. The predicted octanol–water partition coefficient (Wildman–Crippen LogP) is 4.04. The molecule has 2 aliphatic rings. The van der Waals surface area contributed by atoms with E-state index in [-0.39, 0.29) is 11.8 Å². The summed E-state index contributed by atoms with van der Waals surface area (Å²) in [6.07, 6.45) is 0.619. The highest BCUT2D eigenvalue weighted by atomic mass is 35.5. The summed E-state index contributed by atoms with van der Waals surface area (Å²) in [5.41, 5.74) is 3.93. The third kappa shape index (κ3) is 3.70. The summed E-state index contributed by atoms with van der Waals surface area (Å²) in [7, 11) is 0. The molecule has 0 saturated heterocycles. The second-order valence-electron chi connectivity index (χ2n) is 7.81. The molecule has 158 valence electrons. The Morgan fingerprint density at radius 1 is 1.00 bits per heavy atom. The first-order chi connectivity index (χ1) is 15.0. The number of aromatic nitrogens is 2. The van der Waals surface area contributed by atoms with Crippen LogP contribution in [0, 0.1) is 0 Å². The maximum atomic E-state index is 13.3. The van der Waals surface area contributed by atoms with Crippen molar-refractivity contribution in [1.82, 2.24) is 19.6 Å². The number of nitrogens with zero attached hydrogens (tertiary/aromatic N) is 4. The van der Waals surface area contributed by atoms with Gasteiger partial charge in [0.25, 0.3) is 11.8 Å². The summed E-state index contributed by atoms with van der Waals surface area (Å²) < 4.78 is 1.81. The summed E-state index contributed by atoms with van der Waals surface area (Å²) in [6.45, 7) is 2.74. The second kappa shape index (κ2) is 8.02. The lowest BCUT2D eigenvalue weighted by atomic mass is 10.0. The van der Waals surface area contributed by atoms with Gasteiger partial charge < -0.3 is 9.80 Å². The van der Waals surface area contributed by atoms with Crippen molar-refractivity contribution in [2.75, 3.05) is 13.1 Å². The van der Waals surface area contributed by atoms with E-state index < -0.39 is 0 Å². The van der Waals surface area contributed by atoms with Crippen molar-refractivity contribution in [3.63, 3.8) is 0 Å². The molecule has 2 amide bonds. The van der Waals surface area contributed by atoms with Crippen LogP contribution in [0.3, 0.4) is 0 Å². The van der Waals surface area contributed by atoms with Crippen molar-refractivity contribution in [2.24, 2.45) is 0 Å². The van der Waals surface area contributed by atoms with Crippen LogP contribution in [0.2, 0.25) is 10.0 Å². The molecule has 0 N–H and O–H groups in total. The minimum atomic E-state index is -0.131. The minimum Gasteiger partial charge on any atom is -0.334 e. The summed E-state index contributed by atoms with van der Waals surface area (Å²) in [5.74, 6) is -0.166. The van der Waals surface area contributed by atoms with Crippen LogP contribution >= 0.6 is 23.2 Å². The Hall–Kier alpha value is -2.83. The molecule has 31 heavy (non-hydrogen) atoms. The van der Waals surface area contributed by atoms with Crippen LogP contribution in [0.25, 0.3) is 0 Å². The molecule has 0 aliphatic carbocycles. The summed E-state index contributed by atoms with van der Waals surface area (Å²) in [5, 5.41) is 5.43. The third-order valence-corrected chi connectivity index (χ3v) is 6.58. The lowest BCUT2D eigenvalue weighted by Crippen LogP contribution is -2.41. The van der Waals surface area contributed by atoms with E-state index in [1.807, 2.05) is 39.9 Å². The highest BCUT2D eigenvalue weighted by Gasteiger charge is 2.34. The second-order valence-corrected chi connectivity index (χ2v) is 8.63. The first-order valence-corrected chi connectivity index (χ1v) is 10.9. The van der Waals surface area contributed by atoms with Crippen molar-refractivity contribution in [3.05, 3.63) is 86.7 Å². The molecule has 0 spiro atoms. The van der Waals surface area contributed by atoms with Crippen LogP contribution in [0.15, 0.2) is 48.5 Å². The molecule has 8 heteroatoms. The normalized spacial score (nSPS) is 15.6. The monoisotopic (exact) mass is 454 g/mol. The van der Waals surface area contributed by atoms with E-state index in [0.717, 1.165) is 16.8 Å². The van der Waals surface area contributed by atoms with Crippen LogP contribution in [0.1, 0.15) is 37.7 Å². The summed E-state index contributed by atoms with van der Waals surface area (Å²) in [6, 6.07) is 14.8. The molecule has 0 saturated carbocycles. The van der Waals surface area contributed by atoms with Crippen LogP contribution in [-0.4, -0.2) is 44.5 Å². The maximum absolute atomic E-state index is 13.3. The topological polar surface area (TPSA) is 58.4 Å². The molecule has 0 atom stereocenters. The molecule has 2 aliphatic heterocycles. The Morgan fingerprint density at radius 3 is 2.58 bits per heavy atom. The number of hydrogen-bond donors (Lipinski definition) is 0. The Balaban J connectivity index is 1.40. The zero-order valence-electron chi connectivity index (χ0n) is 16.7. The number of rotatable bonds is 3. The van der Waals surface area contributed by atoms with Gasteiger partial charge in [0.2, 0.25) is 0 Å². The molecule has 3 aromatic rings. The van der Waals surface area contributed by atoms with Gasteiger partial charge in [-0.3, -0.25) is 14.3 Å². The number of halogens is 2. The fourth-order valence-corrected chi connectivity index (χ4v) is 4.53. The van der Waals surface area contributed by atoms with E-state index in [1.54, 1.807) is 23.1 Å². The fraction of sp³-hybridized carbons (Fsp3) is 0.261. The first kappa shape index (κ1) is 20.1. The Morgan fingerprint density at radius 2 is 1.81 bits per heavy atom. The molecular formula is C23H20Cl2N4O2. The standard InChI is InChI=1S/C23H20Cl2N4O2/c24-18-7-6-16(12-19(18)25)22(30)27-9-8-20-17(14-27)21-23(31)28(10-11-29(21)26-20)13-15-4-2-1-3-5-15/h1-7,12H,8-11,13-14H2. The van der Waals surface area contributed by atoms with Crippen molar-refractivity contribution in [1.29, 1.82) is 0 Å². The van der Waals surface area contributed by atoms with Gasteiger partial charge in [-0.1, -0.05) is 53.5 Å². The van der Waals surface area contributed by atoms with Gasteiger partial charge in [0.15, 0.2) is 0 Å².